The smallest absolute Gasteiger partial charge is 0.235 e. The molecule has 2 aliphatic rings. The summed E-state index contributed by atoms with van der Waals surface area (Å²) in [5.41, 5.74) is 3.95. The number of anilines is 2. The van der Waals surface area contributed by atoms with Crippen LogP contribution in [-0.4, -0.2) is 52.7 Å². The van der Waals surface area contributed by atoms with Crippen LogP contribution in [0.1, 0.15) is 34.9 Å². The van der Waals surface area contributed by atoms with Crippen molar-refractivity contribution >= 4 is 40.0 Å². The Balaban J connectivity index is 1.37. The number of hydrogen-bond donors (Lipinski definition) is 1. The van der Waals surface area contributed by atoms with Crippen LogP contribution in [0.25, 0.3) is 5.69 Å². The lowest BCUT2D eigenvalue weighted by atomic mass is 10.1. The summed E-state index contributed by atoms with van der Waals surface area (Å²) in [5, 5.41) is 22.8. The summed E-state index contributed by atoms with van der Waals surface area (Å²) < 4.78 is 7.54. The van der Waals surface area contributed by atoms with Gasteiger partial charge < -0.3 is 15.0 Å². The SMILES string of the molecule is CCc1cccc(-n2c(SCC(=O)Nc3sc4c(c3C#N)CCC4)nnc2N2CCOCC2)c1. The number of thiophene rings is 1. The maximum Gasteiger partial charge on any atom is 0.235 e. The van der Waals surface area contributed by atoms with Gasteiger partial charge in [0.1, 0.15) is 11.1 Å². The number of hydrogen-bond acceptors (Lipinski definition) is 8. The van der Waals surface area contributed by atoms with Crippen LogP contribution in [0.4, 0.5) is 10.9 Å². The molecule has 176 valence electrons. The normalized spacial score (nSPS) is 15.2. The van der Waals surface area contributed by atoms with Gasteiger partial charge in [-0.05, 0) is 48.9 Å². The van der Waals surface area contributed by atoms with Gasteiger partial charge in [0.25, 0.3) is 0 Å². The molecule has 10 heteroatoms. The first kappa shape index (κ1) is 22.9. The Bertz CT molecular complexity index is 1240. The van der Waals surface area contributed by atoms with E-state index in [0.29, 0.717) is 28.9 Å². The van der Waals surface area contributed by atoms with Gasteiger partial charge >= 0.3 is 0 Å². The number of nitrogens with zero attached hydrogens (tertiary/aromatic N) is 5. The number of aromatic nitrogens is 3. The molecule has 1 N–H and O–H groups in total. The number of fused-ring (bicyclic) bond motifs is 1. The van der Waals surface area contributed by atoms with Gasteiger partial charge in [-0.1, -0.05) is 30.8 Å². The summed E-state index contributed by atoms with van der Waals surface area (Å²) in [6.45, 7) is 4.93. The summed E-state index contributed by atoms with van der Waals surface area (Å²) in [6, 6.07) is 10.6. The first-order valence-corrected chi connectivity index (χ1v) is 13.3. The van der Waals surface area contributed by atoms with Crippen LogP contribution in [0, 0.1) is 11.3 Å². The topological polar surface area (TPSA) is 96.1 Å². The summed E-state index contributed by atoms with van der Waals surface area (Å²) in [5.74, 6) is 0.800. The number of aryl methyl sites for hydroxylation is 2. The fraction of sp³-hybridized carbons (Fsp3) is 0.417. The Morgan fingerprint density at radius 2 is 2.15 bits per heavy atom. The van der Waals surface area contributed by atoms with Crippen molar-refractivity contribution in [3.8, 4) is 11.8 Å². The van der Waals surface area contributed by atoms with E-state index in [0.717, 1.165) is 56.0 Å². The third-order valence-electron chi connectivity index (χ3n) is 6.11. The molecule has 1 saturated heterocycles. The lowest BCUT2D eigenvalue weighted by Gasteiger charge is -2.28. The molecule has 2 aromatic heterocycles. The van der Waals surface area contributed by atoms with Gasteiger partial charge in [0.05, 0.1) is 30.2 Å². The second-order valence-electron chi connectivity index (χ2n) is 8.25. The Labute approximate surface area is 206 Å². The minimum absolute atomic E-state index is 0.147. The number of ether oxygens (including phenoxy) is 1. The molecule has 1 amide bonds. The van der Waals surface area contributed by atoms with Crippen molar-refractivity contribution in [3.63, 3.8) is 0 Å². The van der Waals surface area contributed by atoms with E-state index in [4.69, 9.17) is 4.74 Å². The van der Waals surface area contributed by atoms with Gasteiger partial charge in [0, 0.05) is 18.0 Å². The molecule has 0 bridgehead atoms. The molecule has 0 saturated carbocycles. The number of thioether (sulfide) groups is 1. The maximum atomic E-state index is 12.8. The first-order chi connectivity index (χ1) is 16.7. The van der Waals surface area contributed by atoms with E-state index in [1.54, 1.807) is 0 Å². The highest BCUT2D eigenvalue weighted by Gasteiger charge is 2.25. The van der Waals surface area contributed by atoms with Crippen molar-refractivity contribution in [2.75, 3.05) is 42.3 Å². The molecule has 34 heavy (non-hydrogen) atoms. The molecule has 1 fully saturated rings. The zero-order valence-corrected chi connectivity index (χ0v) is 20.7. The summed E-state index contributed by atoms with van der Waals surface area (Å²) in [7, 11) is 0. The van der Waals surface area contributed by atoms with Gasteiger partial charge in [0.2, 0.25) is 11.9 Å². The Hall–Kier alpha value is -2.87. The van der Waals surface area contributed by atoms with E-state index in [9.17, 15) is 10.1 Å². The molecular formula is C24H26N6O2S2. The predicted octanol–water partition coefficient (Wildman–Crippen LogP) is 3.82. The molecule has 8 nitrogen and oxygen atoms in total. The third kappa shape index (κ3) is 4.56. The fourth-order valence-electron chi connectivity index (χ4n) is 4.37. The van der Waals surface area contributed by atoms with Gasteiger partial charge in [-0.25, -0.2) is 0 Å². The van der Waals surface area contributed by atoms with Gasteiger partial charge in [-0.2, -0.15) is 5.26 Å². The van der Waals surface area contributed by atoms with Crippen molar-refractivity contribution in [2.24, 2.45) is 0 Å². The molecule has 1 aliphatic heterocycles. The molecule has 3 heterocycles. The molecule has 1 aliphatic carbocycles. The molecule has 0 radical (unpaired) electrons. The van der Waals surface area contributed by atoms with Crippen molar-refractivity contribution in [3.05, 3.63) is 45.8 Å². The van der Waals surface area contributed by atoms with Crippen molar-refractivity contribution in [1.29, 1.82) is 5.26 Å². The second-order valence-corrected chi connectivity index (χ2v) is 10.3. The monoisotopic (exact) mass is 494 g/mol. The van der Waals surface area contributed by atoms with Crippen LogP contribution in [0.3, 0.4) is 0 Å². The van der Waals surface area contributed by atoms with E-state index in [1.807, 2.05) is 16.7 Å². The van der Waals surface area contributed by atoms with Crippen LogP contribution in [0.2, 0.25) is 0 Å². The van der Waals surface area contributed by atoms with Crippen LogP contribution >= 0.6 is 23.1 Å². The highest BCUT2D eigenvalue weighted by Crippen LogP contribution is 2.38. The van der Waals surface area contributed by atoms with Crippen LogP contribution < -0.4 is 10.2 Å². The van der Waals surface area contributed by atoms with Crippen LogP contribution in [0.5, 0.6) is 0 Å². The number of rotatable bonds is 7. The number of carbonyl (C=O) groups excluding carboxylic acids is 1. The zero-order valence-electron chi connectivity index (χ0n) is 19.0. The van der Waals surface area contributed by atoms with E-state index >= 15 is 0 Å². The van der Waals surface area contributed by atoms with Crippen LogP contribution in [0.15, 0.2) is 29.4 Å². The second kappa shape index (κ2) is 10.2. The average Bonchev–Trinajstić information content (AvgIpc) is 3.58. The molecule has 0 unspecified atom stereocenters. The Morgan fingerprint density at radius 1 is 1.29 bits per heavy atom. The van der Waals surface area contributed by atoms with Crippen molar-refractivity contribution in [1.82, 2.24) is 14.8 Å². The lowest BCUT2D eigenvalue weighted by Crippen LogP contribution is -2.37. The zero-order chi connectivity index (χ0) is 23.5. The van der Waals surface area contributed by atoms with E-state index < -0.39 is 0 Å². The Kier molecular flexibility index (Phi) is 6.85. The number of benzene rings is 1. The molecular weight excluding hydrogens is 468 g/mol. The number of nitrogens with one attached hydrogen (secondary N) is 1. The summed E-state index contributed by atoms with van der Waals surface area (Å²) >= 11 is 2.89. The largest absolute Gasteiger partial charge is 0.378 e. The molecule has 5 rings (SSSR count). The molecule has 0 spiro atoms. The minimum atomic E-state index is -0.147. The highest BCUT2D eigenvalue weighted by atomic mass is 32.2. The number of nitriles is 1. The predicted molar refractivity (Wildman–Crippen MR) is 134 cm³/mol. The summed E-state index contributed by atoms with van der Waals surface area (Å²) in [6.07, 6.45) is 3.92. The molecule has 3 aromatic rings. The van der Waals surface area contributed by atoms with E-state index in [-0.39, 0.29) is 11.7 Å². The highest BCUT2D eigenvalue weighted by molar-refractivity contribution is 7.99. The molecule has 0 atom stereocenters. The van der Waals surface area contributed by atoms with E-state index in [1.165, 1.54) is 33.5 Å². The minimum Gasteiger partial charge on any atom is -0.378 e. The fourth-order valence-corrected chi connectivity index (χ4v) is 6.37. The van der Waals surface area contributed by atoms with Gasteiger partial charge in [-0.3, -0.25) is 9.36 Å². The van der Waals surface area contributed by atoms with Gasteiger partial charge in [-0.15, -0.1) is 21.5 Å². The lowest BCUT2D eigenvalue weighted by molar-refractivity contribution is -0.113. The van der Waals surface area contributed by atoms with Crippen molar-refractivity contribution in [2.45, 2.75) is 37.8 Å². The van der Waals surface area contributed by atoms with E-state index in [2.05, 4.69) is 45.5 Å². The maximum absolute atomic E-state index is 12.8. The van der Waals surface area contributed by atoms with Crippen LogP contribution in [-0.2, 0) is 28.8 Å². The third-order valence-corrected chi connectivity index (χ3v) is 8.24. The first-order valence-electron chi connectivity index (χ1n) is 11.5. The average molecular weight is 495 g/mol. The number of carbonyl (C=O) groups is 1. The standard InChI is InChI=1S/C24H26N6O2S2/c1-2-16-5-3-6-17(13-16)30-23(29-9-11-32-12-10-29)27-28-24(30)33-15-21(31)26-22-19(14-25)18-7-4-8-20(18)34-22/h3,5-6,13H,2,4,7-12,15H2,1H3,(H,26,31). The van der Waals surface area contributed by atoms with Crippen molar-refractivity contribution < 1.29 is 9.53 Å². The summed E-state index contributed by atoms with van der Waals surface area (Å²) in [4.78, 5) is 16.2. The molecule has 1 aromatic carbocycles. The quantitative estimate of drug-likeness (QED) is 0.499. The Morgan fingerprint density at radius 3 is 2.94 bits per heavy atom. The van der Waals surface area contributed by atoms with Gasteiger partial charge in [0.15, 0.2) is 5.16 Å². The number of morpholine rings is 1. The number of amides is 1.